The quantitative estimate of drug-likeness (QED) is 0.295. The average molecular weight is 524 g/mol. The molecule has 0 atom stereocenters. The number of halogens is 8. The molecule has 0 heterocycles. The maximum atomic E-state index is 12.8. The van der Waals surface area contributed by atoms with E-state index >= 15 is 0 Å². The lowest BCUT2D eigenvalue weighted by Gasteiger charge is -2.15. The Morgan fingerprint density at radius 2 is 0.786 bits per heavy atom. The fraction of sp³-hybridized carbons (Fsp3) is 0.100. The maximum Gasteiger partial charge on any atom is 0.416 e. The topological polar surface area (TPSA) is 0 Å². The van der Waals surface area contributed by atoms with Crippen LogP contribution in [0.3, 0.4) is 0 Å². The van der Waals surface area contributed by atoms with Gasteiger partial charge < -0.3 is 0 Å². The zero-order chi connectivity index (χ0) is 20.7. The van der Waals surface area contributed by atoms with E-state index in [9.17, 15) is 26.3 Å². The summed E-state index contributed by atoms with van der Waals surface area (Å²) >= 11 is 6.72. The Kier molecular flexibility index (Phi) is 5.64. The van der Waals surface area contributed by atoms with Gasteiger partial charge in [0.15, 0.2) is 0 Å². The molecule has 8 heteroatoms. The number of hydrogen-bond donors (Lipinski definition) is 0. The normalized spacial score (nSPS) is 12.3. The molecule has 0 N–H and O–H groups in total. The molecular weight excluding hydrogens is 514 g/mol. The van der Waals surface area contributed by atoms with Crippen molar-refractivity contribution in [2.75, 3.05) is 0 Å². The fourth-order valence-electron chi connectivity index (χ4n) is 2.70. The molecule has 0 amide bonds. The van der Waals surface area contributed by atoms with Crippen LogP contribution in [0.25, 0.3) is 22.3 Å². The van der Waals surface area contributed by atoms with Crippen molar-refractivity contribution in [3.8, 4) is 22.3 Å². The zero-order valence-electron chi connectivity index (χ0n) is 13.8. The maximum absolute atomic E-state index is 12.8. The minimum absolute atomic E-state index is 0.510. The van der Waals surface area contributed by atoms with Gasteiger partial charge in [0.05, 0.1) is 11.1 Å². The molecule has 146 valence electrons. The van der Waals surface area contributed by atoms with Crippen molar-refractivity contribution in [2.45, 2.75) is 12.4 Å². The Hall–Kier alpha value is -1.80. The number of alkyl halides is 6. The molecule has 0 aliphatic carbocycles. The van der Waals surface area contributed by atoms with E-state index in [1.165, 1.54) is 24.3 Å². The van der Waals surface area contributed by atoms with Crippen LogP contribution >= 0.6 is 31.9 Å². The van der Waals surface area contributed by atoms with Crippen molar-refractivity contribution in [2.24, 2.45) is 0 Å². The summed E-state index contributed by atoms with van der Waals surface area (Å²) in [6.45, 7) is 0. The van der Waals surface area contributed by atoms with Crippen LogP contribution in [0.1, 0.15) is 11.1 Å². The van der Waals surface area contributed by atoms with E-state index in [4.69, 9.17) is 0 Å². The van der Waals surface area contributed by atoms with E-state index in [2.05, 4.69) is 31.9 Å². The minimum Gasteiger partial charge on any atom is -0.166 e. The summed E-state index contributed by atoms with van der Waals surface area (Å²) in [6, 6.07) is 12.7. The van der Waals surface area contributed by atoms with E-state index in [1.807, 2.05) is 0 Å². The van der Waals surface area contributed by atoms with Crippen molar-refractivity contribution in [1.82, 2.24) is 0 Å². The van der Waals surface area contributed by atoms with Crippen molar-refractivity contribution in [1.29, 1.82) is 0 Å². The molecule has 0 aliphatic rings. The lowest BCUT2D eigenvalue weighted by Crippen LogP contribution is -2.04. The second-order valence-electron chi connectivity index (χ2n) is 5.96. The molecule has 3 aromatic carbocycles. The molecular formula is C20H10Br2F6. The van der Waals surface area contributed by atoms with E-state index in [0.717, 1.165) is 24.3 Å². The first-order valence-corrected chi connectivity index (χ1v) is 9.40. The first-order valence-electron chi connectivity index (χ1n) is 7.81. The SMILES string of the molecule is FC(F)(F)c1ccc(-c2cc(Br)c(Br)cc2-c2ccc(C(F)(F)F)cc2)cc1. The Bertz CT molecular complexity index is 905. The van der Waals surface area contributed by atoms with Gasteiger partial charge in [-0.05, 0) is 90.5 Å². The zero-order valence-corrected chi connectivity index (χ0v) is 17.0. The minimum atomic E-state index is -4.45. The van der Waals surface area contributed by atoms with Crippen LogP contribution in [-0.2, 0) is 12.4 Å². The number of hydrogen-bond acceptors (Lipinski definition) is 0. The van der Waals surface area contributed by atoms with E-state index in [0.29, 0.717) is 31.2 Å². The lowest BCUT2D eigenvalue weighted by atomic mass is 9.93. The van der Waals surface area contributed by atoms with Crippen LogP contribution in [0.5, 0.6) is 0 Å². The monoisotopic (exact) mass is 522 g/mol. The highest BCUT2D eigenvalue weighted by atomic mass is 79.9. The summed E-state index contributed by atoms with van der Waals surface area (Å²) < 4.78 is 78.2. The largest absolute Gasteiger partial charge is 0.416 e. The van der Waals surface area contributed by atoms with Gasteiger partial charge in [-0.1, -0.05) is 24.3 Å². The molecule has 0 spiro atoms. The highest BCUT2D eigenvalue weighted by Gasteiger charge is 2.31. The average Bonchev–Trinajstić information content (AvgIpc) is 2.62. The molecule has 3 aromatic rings. The third-order valence-corrected chi connectivity index (χ3v) is 5.95. The first-order chi connectivity index (χ1) is 13.0. The first kappa shape index (κ1) is 20.9. The summed E-state index contributed by atoms with van der Waals surface area (Å²) in [5.41, 5.74) is 0.645. The van der Waals surface area contributed by atoms with Gasteiger partial charge in [-0.2, -0.15) is 26.3 Å². The van der Waals surface area contributed by atoms with Gasteiger partial charge in [0.1, 0.15) is 0 Å². The van der Waals surface area contributed by atoms with E-state index in [-0.39, 0.29) is 0 Å². The standard InChI is InChI=1S/C20H10Br2F6/c21-17-9-15(11-1-5-13(6-2-11)19(23,24)25)16(10-18(17)22)12-3-7-14(8-4-12)20(26,27)28/h1-10H. The van der Waals surface area contributed by atoms with Gasteiger partial charge in [0, 0.05) is 8.95 Å². The third kappa shape index (κ3) is 4.43. The van der Waals surface area contributed by atoms with E-state index in [1.54, 1.807) is 12.1 Å². The van der Waals surface area contributed by atoms with Crippen LogP contribution in [-0.4, -0.2) is 0 Å². The summed E-state index contributed by atoms with van der Waals surface area (Å²) in [6.07, 6.45) is -8.90. The van der Waals surface area contributed by atoms with Crippen LogP contribution in [0, 0.1) is 0 Å². The van der Waals surface area contributed by atoms with Gasteiger partial charge in [0.2, 0.25) is 0 Å². The van der Waals surface area contributed by atoms with Gasteiger partial charge in [-0.25, -0.2) is 0 Å². The van der Waals surface area contributed by atoms with Crippen molar-refractivity contribution in [3.63, 3.8) is 0 Å². The van der Waals surface area contributed by atoms with Crippen molar-refractivity contribution < 1.29 is 26.3 Å². The molecule has 0 aromatic heterocycles. The van der Waals surface area contributed by atoms with Gasteiger partial charge in [-0.3, -0.25) is 0 Å². The Balaban J connectivity index is 2.11. The number of benzene rings is 3. The molecule has 3 rings (SSSR count). The van der Waals surface area contributed by atoms with Gasteiger partial charge >= 0.3 is 12.4 Å². The van der Waals surface area contributed by atoms with Crippen LogP contribution in [0.4, 0.5) is 26.3 Å². The summed E-state index contributed by atoms with van der Waals surface area (Å²) in [5.74, 6) is 0. The van der Waals surface area contributed by atoms with Crippen molar-refractivity contribution >= 4 is 31.9 Å². The van der Waals surface area contributed by atoms with Gasteiger partial charge in [-0.15, -0.1) is 0 Å². The van der Waals surface area contributed by atoms with Crippen LogP contribution in [0.15, 0.2) is 69.6 Å². The Morgan fingerprint density at radius 1 is 0.500 bits per heavy atom. The summed E-state index contributed by atoms with van der Waals surface area (Å²) in [7, 11) is 0. The molecule has 0 saturated carbocycles. The molecule has 0 saturated heterocycles. The van der Waals surface area contributed by atoms with Crippen LogP contribution < -0.4 is 0 Å². The Morgan fingerprint density at radius 3 is 1.04 bits per heavy atom. The highest BCUT2D eigenvalue weighted by Crippen LogP contribution is 2.40. The second kappa shape index (κ2) is 7.55. The van der Waals surface area contributed by atoms with Crippen molar-refractivity contribution in [3.05, 3.63) is 80.7 Å². The Labute approximate surface area is 173 Å². The van der Waals surface area contributed by atoms with Gasteiger partial charge in [0.25, 0.3) is 0 Å². The van der Waals surface area contributed by atoms with E-state index < -0.39 is 23.5 Å². The molecule has 28 heavy (non-hydrogen) atoms. The molecule has 0 nitrogen and oxygen atoms in total. The third-order valence-electron chi connectivity index (χ3n) is 4.11. The fourth-order valence-corrected chi connectivity index (χ4v) is 3.39. The predicted molar refractivity (Wildman–Crippen MR) is 103 cm³/mol. The molecule has 0 fully saturated rings. The molecule has 0 radical (unpaired) electrons. The predicted octanol–water partition coefficient (Wildman–Crippen LogP) is 8.58. The molecule has 0 aliphatic heterocycles. The number of rotatable bonds is 2. The summed E-state index contributed by atoms with van der Waals surface area (Å²) in [5, 5.41) is 0. The lowest BCUT2D eigenvalue weighted by molar-refractivity contribution is -0.138. The second-order valence-corrected chi connectivity index (χ2v) is 7.67. The molecule has 0 bridgehead atoms. The summed E-state index contributed by atoms with van der Waals surface area (Å²) in [4.78, 5) is 0. The smallest absolute Gasteiger partial charge is 0.166 e. The van der Waals surface area contributed by atoms with Crippen LogP contribution in [0.2, 0.25) is 0 Å². The molecule has 0 unspecified atom stereocenters. The highest BCUT2D eigenvalue weighted by molar-refractivity contribution is 9.13.